The predicted molar refractivity (Wildman–Crippen MR) is 423 cm³/mol. The maximum atomic E-state index is 14.5. The average Bonchev–Trinajstić information content (AvgIpc) is 0.992. The van der Waals surface area contributed by atoms with Gasteiger partial charge in [0.25, 0.3) is 5.91 Å². The number of allylic oxidation sites excluding steroid dienone is 4. The first-order valence-electron chi connectivity index (χ1n) is 37.4. The normalized spacial score (nSPS) is 18.5. The number of aliphatic hydroxyl groups excluding tert-OH is 1. The number of rotatable bonds is 48. The molecule has 7 amide bonds. The highest BCUT2D eigenvalue weighted by Crippen LogP contribution is 2.66. The van der Waals surface area contributed by atoms with Gasteiger partial charge in [0.2, 0.25) is 35.4 Å². The average molecular weight is 1710 g/mol. The third-order valence-corrected chi connectivity index (χ3v) is 24.8. The minimum absolute atomic E-state index is 0.00121. The molecule has 16 N–H and O–H groups in total. The number of amides is 7. The first-order chi connectivity index (χ1) is 54.4. The molecule has 632 valence electrons. The molecular formula is C73H102N11O26P3S2. The van der Waals surface area contributed by atoms with Crippen molar-refractivity contribution in [3.05, 3.63) is 115 Å². The van der Waals surface area contributed by atoms with E-state index < -0.39 is 121 Å². The molecule has 2 heterocycles. The van der Waals surface area contributed by atoms with Crippen LogP contribution in [0.1, 0.15) is 186 Å². The van der Waals surface area contributed by atoms with Gasteiger partial charge in [-0.25, -0.2) is 23.3 Å². The number of aromatic nitrogens is 2. The van der Waals surface area contributed by atoms with Crippen molar-refractivity contribution in [1.29, 1.82) is 0 Å². The Labute approximate surface area is 672 Å². The second kappa shape index (κ2) is 46.5. The van der Waals surface area contributed by atoms with E-state index in [1.165, 1.54) is 49.4 Å². The number of benzene rings is 2. The number of aryl methyl sites for hydroxylation is 2. The number of aliphatic imine (C=N–C) groups is 1. The molecule has 6 rings (SSSR count). The van der Waals surface area contributed by atoms with Gasteiger partial charge in [-0.15, -0.1) is 0 Å². The number of carboxylic acids is 3. The Hall–Kier alpha value is -8.44. The summed E-state index contributed by atoms with van der Waals surface area (Å²) in [6.45, 7) is 8.80. The summed E-state index contributed by atoms with van der Waals surface area (Å²) < 4.78 is 53.1. The monoisotopic (exact) mass is 1710 g/mol. The third-order valence-electron chi connectivity index (χ3n) is 18.5. The van der Waals surface area contributed by atoms with Gasteiger partial charge in [-0.2, -0.15) is 13.6 Å². The fourth-order valence-corrected chi connectivity index (χ4v) is 18.0. The smallest absolute Gasteiger partial charge is 0.481 e. The van der Waals surface area contributed by atoms with Crippen molar-refractivity contribution in [1.82, 2.24) is 46.4 Å². The zero-order chi connectivity index (χ0) is 84.7. The van der Waals surface area contributed by atoms with Gasteiger partial charge in [0, 0.05) is 100 Å². The Morgan fingerprint density at radius 3 is 2.06 bits per heavy atom. The summed E-state index contributed by atoms with van der Waals surface area (Å²) in [7, 11) is -12.5. The van der Waals surface area contributed by atoms with Gasteiger partial charge in [0.1, 0.15) is 36.3 Å². The summed E-state index contributed by atoms with van der Waals surface area (Å²) in [6.07, 6.45) is 5.77. The minimum atomic E-state index is -5.83. The number of aliphatic hydroxyl groups is 1. The van der Waals surface area contributed by atoms with Crippen LogP contribution in [0.2, 0.25) is 0 Å². The summed E-state index contributed by atoms with van der Waals surface area (Å²) in [5, 5.41) is 53.6. The number of fused-ring (bicyclic) bond motifs is 2. The Balaban J connectivity index is 0.945. The molecule has 10 atom stereocenters. The number of hydrogen-bond acceptors (Lipinski definition) is 24. The van der Waals surface area contributed by atoms with Crippen LogP contribution in [0.25, 0.3) is 0 Å². The molecule has 8 unspecified atom stereocenters. The van der Waals surface area contributed by atoms with Crippen molar-refractivity contribution in [2.24, 2.45) is 10.9 Å². The van der Waals surface area contributed by atoms with Crippen LogP contribution in [-0.4, -0.2) is 208 Å². The highest BCUT2D eigenvalue weighted by Gasteiger charge is 2.44. The summed E-state index contributed by atoms with van der Waals surface area (Å²) in [5.41, 5.74) is 15.0. The molecule has 0 radical (unpaired) electrons. The molecule has 3 aromatic rings. The van der Waals surface area contributed by atoms with Crippen LogP contribution in [0.3, 0.4) is 0 Å². The van der Waals surface area contributed by atoms with Crippen molar-refractivity contribution in [2.75, 3.05) is 63.6 Å². The number of anilines is 1. The Morgan fingerprint density at radius 2 is 1.40 bits per heavy atom. The van der Waals surface area contributed by atoms with Gasteiger partial charge in [-0.1, -0.05) is 102 Å². The zero-order valence-electron chi connectivity index (χ0n) is 64.4. The van der Waals surface area contributed by atoms with Gasteiger partial charge in [0.15, 0.2) is 0 Å². The van der Waals surface area contributed by atoms with Crippen LogP contribution < -0.4 is 43.3 Å². The van der Waals surface area contributed by atoms with Crippen LogP contribution in [0.15, 0.2) is 75.7 Å². The van der Waals surface area contributed by atoms with Gasteiger partial charge in [-0.05, 0) is 124 Å². The Bertz CT molecular complexity index is 4380. The van der Waals surface area contributed by atoms with E-state index in [4.69, 9.17) is 30.4 Å². The predicted octanol–water partition coefficient (Wildman–Crippen LogP) is 5.14. The SMILES string of the molecule is CCCc1cc2c(cc1C)C(c1ccccc1C(=O)N(C)CCCC(=O)NCCCCCC(=O)NC(CCCSSCCC(=O)NCC#Cc1cn([C@H]3CC(O)[C@@H](COP(=O)(O)OP(=O)(O)OP(=O)(O)O)O3)c(=O)nc1N)C(=O)NCCCCCC(=O)NC(CC(=O)O)C(=O)NC(CC(=O)O)C(=O)O)C1C=C(C)C(=NCC)C=C1C2. The van der Waals surface area contributed by atoms with Crippen LogP contribution >= 0.6 is 45.1 Å². The number of nitrogens with one attached hydrogen (secondary N) is 6. The number of carbonyl (C=O) groups excluding carboxylic acids is 7. The quantitative estimate of drug-likeness (QED) is 0.0150. The lowest BCUT2D eigenvalue weighted by molar-refractivity contribution is -0.148. The van der Waals surface area contributed by atoms with Gasteiger partial charge >= 0.3 is 47.1 Å². The highest BCUT2D eigenvalue weighted by atomic mass is 33.1. The molecule has 1 aromatic heterocycles. The summed E-state index contributed by atoms with van der Waals surface area (Å²) >= 11 is 0. The van der Waals surface area contributed by atoms with E-state index in [2.05, 4.69) is 108 Å². The maximum absolute atomic E-state index is 14.5. The zero-order valence-corrected chi connectivity index (χ0v) is 68.7. The molecule has 37 nitrogen and oxygen atoms in total. The molecule has 3 aliphatic rings. The van der Waals surface area contributed by atoms with E-state index in [0.29, 0.717) is 81.6 Å². The standard InChI is InChI=1S/C73H102N11O26P3S2/c1-6-19-46-36-48-37-49-38-55(75-7-2)45(4)35-53(49)67(52(48)34-44(46)3)50-21-12-13-22-51(50)71(96)83(5)31-17-26-60(86)76-28-14-8-10-24-62(88)79-54(69(94)78-29-15-9-11-25-63(89)80-56(39-65(90)91)70(95)81-57(72(97)98)40-66(92)93)23-18-32-114-115-33-27-61(87)77-30-16-20-47-42-84(73(99)82-68(47)74)64-41-58(85)59(108-64)43-107-112(103,104)110-113(105,106)109-111(100,101)102/h12-13,21-22,34-36,38,42,53-54,56-59,64,67,85H,6-11,14-15,17-19,23-33,37,39-41,43H2,1-5H3,(H,76,86)(H,77,87)(H,78,94)(H,79,88)(H,80,89)(H,81,95)(H,90,91)(H,92,93)(H,97,98)(H,103,104)(H,105,106)(H2,74,82,99)(H2,100,101,102)/t53?,54?,56?,57?,58?,59-,64-,67?/m1/s1. The largest absolute Gasteiger partial charge is 0.490 e. The lowest BCUT2D eigenvalue weighted by Crippen LogP contribution is -2.52. The number of phosphoric ester groups is 1. The number of nitrogen functional groups attached to an aromatic ring is 1. The van der Waals surface area contributed by atoms with Crippen molar-refractivity contribution in [3.63, 3.8) is 0 Å². The molecule has 42 heteroatoms. The second-order valence-electron chi connectivity index (χ2n) is 27.5. The summed E-state index contributed by atoms with van der Waals surface area (Å²) in [6, 6.07) is 7.94. The van der Waals surface area contributed by atoms with E-state index in [-0.39, 0.29) is 105 Å². The number of carboxylic acid groups (broad SMARTS) is 3. The molecule has 0 spiro atoms. The summed E-state index contributed by atoms with van der Waals surface area (Å²) in [4.78, 5) is 187. The van der Waals surface area contributed by atoms with E-state index in [0.717, 1.165) is 46.9 Å². The lowest BCUT2D eigenvalue weighted by Gasteiger charge is -2.38. The van der Waals surface area contributed by atoms with Crippen molar-refractivity contribution in [3.8, 4) is 11.8 Å². The fraction of sp³-hybridized carbons (Fsp3) is 0.548. The number of nitrogens with zero attached hydrogens (tertiary/aromatic N) is 4. The first kappa shape index (κ1) is 95.4. The number of aliphatic carboxylic acids is 3. The molecule has 0 saturated carbocycles. The van der Waals surface area contributed by atoms with E-state index in [1.807, 2.05) is 30.4 Å². The topological polar surface area (TPSA) is 569 Å². The van der Waals surface area contributed by atoms with E-state index in [1.54, 1.807) is 11.9 Å². The molecule has 1 aliphatic heterocycles. The van der Waals surface area contributed by atoms with Gasteiger partial charge in [0.05, 0.1) is 43.4 Å². The molecule has 1 fully saturated rings. The Kier molecular flexibility index (Phi) is 38.6. The van der Waals surface area contributed by atoms with E-state index in [9.17, 15) is 91.5 Å². The summed E-state index contributed by atoms with van der Waals surface area (Å²) in [5.74, 6) is -2.38. The highest BCUT2D eigenvalue weighted by molar-refractivity contribution is 8.76. The van der Waals surface area contributed by atoms with Gasteiger partial charge in [-0.3, -0.25) is 57.2 Å². The maximum Gasteiger partial charge on any atom is 0.490 e. The number of nitrogens with two attached hydrogens (primary N) is 1. The van der Waals surface area contributed by atoms with Crippen molar-refractivity contribution in [2.45, 2.75) is 192 Å². The molecule has 0 bridgehead atoms. The minimum Gasteiger partial charge on any atom is -0.481 e. The van der Waals surface area contributed by atoms with Crippen molar-refractivity contribution >= 4 is 116 Å². The number of phosphoric acid groups is 3. The molecular weight excluding hydrogens is 1600 g/mol. The van der Waals surface area contributed by atoms with Crippen LogP contribution in [0.4, 0.5) is 5.82 Å². The lowest BCUT2D eigenvalue weighted by atomic mass is 9.65. The molecule has 115 heavy (non-hydrogen) atoms. The van der Waals surface area contributed by atoms with Gasteiger partial charge < -0.3 is 87.3 Å². The second-order valence-corrected chi connectivity index (χ2v) is 34.6. The van der Waals surface area contributed by atoms with Crippen molar-refractivity contribution < 1.29 is 120 Å². The molecule has 1 saturated heterocycles. The number of unbranched alkanes of at least 4 members (excludes halogenated alkanes) is 4. The third kappa shape index (κ3) is 32.2. The van der Waals surface area contributed by atoms with Crippen LogP contribution in [0.5, 0.6) is 0 Å². The molecule has 2 aromatic carbocycles. The molecule has 2 aliphatic carbocycles. The van der Waals surface area contributed by atoms with Crippen LogP contribution in [0, 0.1) is 24.7 Å². The fourth-order valence-electron chi connectivity index (χ4n) is 12.9. The Morgan fingerprint density at radius 1 is 0.757 bits per heavy atom. The van der Waals surface area contributed by atoms with Crippen LogP contribution in [-0.2, 0) is 87.6 Å². The first-order valence-corrected chi connectivity index (χ1v) is 44.4. The van der Waals surface area contributed by atoms with E-state index >= 15 is 0 Å². The number of hydrogen-bond donors (Lipinski definition) is 15. The number of ether oxygens (including phenoxy) is 1. The number of carbonyl (C=O) groups is 10.